The van der Waals surface area contributed by atoms with Gasteiger partial charge in [-0.1, -0.05) is 42.0 Å². The first kappa shape index (κ1) is 13.1. The summed E-state index contributed by atoms with van der Waals surface area (Å²) >= 11 is 7.66. The van der Waals surface area contributed by atoms with Crippen molar-refractivity contribution in [2.45, 2.75) is 13.3 Å². The first-order valence-electron chi connectivity index (χ1n) is 5.80. The number of halogens is 1. The molecule has 0 atom stereocenters. The van der Waals surface area contributed by atoms with Gasteiger partial charge in [-0.3, -0.25) is 4.79 Å². The Balaban J connectivity index is 2.15. The summed E-state index contributed by atoms with van der Waals surface area (Å²) in [6.45, 7) is 2.60. The average Bonchev–Trinajstić information content (AvgIpc) is 2.73. The Labute approximate surface area is 115 Å². The van der Waals surface area contributed by atoms with E-state index in [4.69, 9.17) is 11.6 Å². The van der Waals surface area contributed by atoms with Crippen molar-refractivity contribution in [2.24, 2.45) is 0 Å². The minimum absolute atomic E-state index is 0.0919. The Bertz CT molecular complexity index is 588. The van der Waals surface area contributed by atoms with Gasteiger partial charge in [0.25, 0.3) is 5.91 Å². The van der Waals surface area contributed by atoms with Crippen LogP contribution in [0.15, 0.2) is 36.4 Å². The zero-order valence-electron chi connectivity index (χ0n) is 10.1. The van der Waals surface area contributed by atoms with E-state index < -0.39 is 0 Å². The summed E-state index contributed by atoms with van der Waals surface area (Å²) in [6.07, 6.45) is 4.83. The van der Waals surface area contributed by atoms with Gasteiger partial charge in [0.05, 0.1) is 5.02 Å². The third kappa shape index (κ3) is 2.74. The molecule has 1 aromatic carbocycles. The fourth-order valence-corrected chi connectivity index (χ4v) is 3.11. The molecule has 2 nitrogen and oxygen atoms in total. The summed E-state index contributed by atoms with van der Waals surface area (Å²) in [6, 6.07) is 7.78. The zero-order valence-corrected chi connectivity index (χ0v) is 11.6. The lowest BCUT2D eigenvalue weighted by molar-refractivity contribution is 0.0958. The maximum Gasteiger partial charge on any atom is 0.262 e. The minimum Gasteiger partial charge on any atom is -0.351 e. The Morgan fingerprint density at radius 1 is 1.44 bits per heavy atom. The Kier molecular flexibility index (Phi) is 4.39. The van der Waals surface area contributed by atoms with Crippen LogP contribution in [0.2, 0.25) is 5.02 Å². The van der Waals surface area contributed by atoms with E-state index in [-0.39, 0.29) is 5.91 Å². The maximum absolute atomic E-state index is 12.0. The molecule has 1 N–H and O–H groups in total. The number of carbonyl (C=O) groups is 1. The highest BCUT2D eigenvalue weighted by Crippen LogP contribution is 2.34. The lowest BCUT2D eigenvalue weighted by atomic mass is 10.2. The van der Waals surface area contributed by atoms with Crippen molar-refractivity contribution in [1.82, 2.24) is 5.32 Å². The maximum atomic E-state index is 12.0. The van der Waals surface area contributed by atoms with Crippen molar-refractivity contribution in [3.05, 3.63) is 46.3 Å². The highest BCUT2D eigenvalue weighted by molar-refractivity contribution is 7.21. The van der Waals surface area contributed by atoms with Crippen LogP contribution >= 0.6 is 22.9 Å². The van der Waals surface area contributed by atoms with Crippen LogP contribution in [-0.4, -0.2) is 12.5 Å². The molecule has 0 saturated carbocycles. The highest BCUT2D eigenvalue weighted by Gasteiger charge is 2.15. The summed E-state index contributed by atoms with van der Waals surface area (Å²) in [4.78, 5) is 12.6. The number of fused-ring (bicyclic) bond motifs is 1. The van der Waals surface area contributed by atoms with E-state index in [0.717, 1.165) is 16.5 Å². The van der Waals surface area contributed by atoms with Crippen molar-refractivity contribution in [3.63, 3.8) is 0 Å². The number of allylic oxidation sites excluding steroid dienone is 1. The standard InChI is InChI=1S/C14H14ClNOS/c1-2-3-6-9-16-14(17)13-12(15)10-7-4-5-8-11(10)18-13/h2-5,7-8H,6,9H2,1H3,(H,16,17)/b3-2+. The molecule has 0 fully saturated rings. The predicted octanol–water partition coefficient (Wildman–Crippen LogP) is 4.25. The monoisotopic (exact) mass is 279 g/mol. The molecule has 0 aliphatic carbocycles. The van der Waals surface area contributed by atoms with Crippen LogP contribution in [0.3, 0.4) is 0 Å². The van der Waals surface area contributed by atoms with Gasteiger partial charge in [-0.25, -0.2) is 0 Å². The lowest BCUT2D eigenvalue weighted by Gasteiger charge is -2.01. The van der Waals surface area contributed by atoms with Gasteiger partial charge in [0.1, 0.15) is 4.88 Å². The number of thiophene rings is 1. The van der Waals surface area contributed by atoms with Crippen LogP contribution in [0.25, 0.3) is 10.1 Å². The number of hydrogen-bond acceptors (Lipinski definition) is 2. The molecular weight excluding hydrogens is 266 g/mol. The number of rotatable bonds is 4. The molecule has 2 rings (SSSR count). The molecule has 1 amide bonds. The summed E-state index contributed by atoms with van der Waals surface area (Å²) in [5.41, 5.74) is 0. The number of hydrogen-bond donors (Lipinski definition) is 1. The molecule has 0 aliphatic rings. The van der Waals surface area contributed by atoms with Crippen molar-refractivity contribution < 1.29 is 4.79 Å². The number of benzene rings is 1. The van der Waals surface area contributed by atoms with Gasteiger partial charge >= 0.3 is 0 Å². The minimum atomic E-state index is -0.0919. The van der Waals surface area contributed by atoms with Crippen molar-refractivity contribution in [1.29, 1.82) is 0 Å². The van der Waals surface area contributed by atoms with E-state index in [1.54, 1.807) is 0 Å². The average molecular weight is 280 g/mol. The molecule has 0 radical (unpaired) electrons. The molecule has 0 spiro atoms. The number of nitrogens with one attached hydrogen (secondary N) is 1. The zero-order chi connectivity index (χ0) is 13.0. The normalized spacial score (nSPS) is 11.2. The third-order valence-electron chi connectivity index (χ3n) is 2.57. The molecule has 18 heavy (non-hydrogen) atoms. The number of carbonyl (C=O) groups excluding carboxylic acids is 1. The third-order valence-corrected chi connectivity index (χ3v) is 4.25. The van der Waals surface area contributed by atoms with Crippen molar-refractivity contribution in [2.75, 3.05) is 6.54 Å². The molecular formula is C14H14ClNOS. The van der Waals surface area contributed by atoms with E-state index in [1.165, 1.54) is 11.3 Å². The van der Waals surface area contributed by atoms with Crippen LogP contribution in [0, 0.1) is 0 Å². The Morgan fingerprint density at radius 2 is 2.22 bits per heavy atom. The second-order valence-electron chi connectivity index (χ2n) is 3.85. The van der Waals surface area contributed by atoms with Gasteiger partial charge in [-0.05, 0) is 19.4 Å². The van der Waals surface area contributed by atoms with Crippen LogP contribution in [0.1, 0.15) is 23.0 Å². The molecule has 0 aliphatic heterocycles. The smallest absolute Gasteiger partial charge is 0.262 e. The molecule has 94 valence electrons. The Morgan fingerprint density at radius 3 is 2.94 bits per heavy atom. The van der Waals surface area contributed by atoms with Crippen LogP contribution in [-0.2, 0) is 0 Å². The first-order chi connectivity index (χ1) is 8.74. The van der Waals surface area contributed by atoms with E-state index in [2.05, 4.69) is 5.32 Å². The topological polar surface area (TPSA) is 29.1 Å². The van der Waals surface area contributed by atoms with E-state index in [9.17, 15) is 4.79 Å². The van der Waals surface area contributed by atoms with Gasteiger partial charge in [-0.2, -0.15) is 0 Å². The predicted molar refractivity (Wildman–Crippen MR) is 78.6 cm³/mol. The van der Waals surface area contributed by atoms with E-state index in [0.29, 0.717) is 16.4 Å². The molecule has 2 aromatic rings. The van der Waals surface area contributed by atoms with Gasteiger partial charge in [0, 0.05) is 16.6 Å². The fraction of sp³-hybridized carbons (Fsp3) is 0.214. The van der Waals surface area contributed by atoms with Gasteiger partial charge in [-0.15, -0.1) is 11.3 Å². The summed E-state index contributed by atoms with van der Waals surface area (Å²) < 4.78 is 1.04. The second kappa shape index (κ2) is 6.03. The van der Waals surface area contributed by atoms with Gasteiger partial charge < -0.3 is 5.32 Å². The molecule has 0 bridgehead atoms. The number of amides is 1. The highest BCUT2D eigenvalue weighted by atomic mass is 35.5. The van der Waals surface area contributed by atoms with Crippen LogP contribution in [0.4, 0.5) is 0 Å². The van der Waals surface area contributed by atoms with Gasteiger partial charge in [0.15, 0.2) is 0 Å². The second-order valence-corrected chi connectivity index (χ2v) is 5.29. The van der Waals surface area contributed by atoms with Crippen molar-refractivity contribution in [3.8, 4) is 0 Å². The quantitative estimate of drug-likeness (QED) is 0.658. The van der Waals surface area contributed by atoms with Crippen LogP contribution in [0.5, 0.6) is 0 Å². The first-order valence-corrected chi connectivity index (χ1v) is 7.00. The van der Waals surface area contributed by atoms with Gasteiger partial charge in [0.2, 0.25) is 0 Å². The summed E-state index contributed by atoms with van der Waals surface area (Å²) in [5.74, 6) is -0.0919. The Hall–Kier alpha value is -1.32. The summed E-state index contributed by atoms with van der Waals surface area (Å²) in [7, 11) is 0. The molecule has 1 aromatic heterocycles. The van der Waals surface area contributed by atoms with E-state index in [1.807, 2.05) is 43.3 Å². The molecule has 1 heterocycles. The fourth-order valence-electron chi connectivity index (χ4n) is 1.68. The van der Waals surface area contributed by atoms with Crippen LogP contribution < -0.4 is 5.32 Å². The molecule has 0 unspecified atom stereocenters. The largest absolute Gasteiger partial charge is 0.351 e. The molecule has 0 saturated heterocycles. The van der Waals surface area contributed by atoms with E-state index >= 15 is 0 Å². The SMILES string of the molecule is C/C=C/CCNC(=O)c1sc2ccccc2c1Cl. The molecule has 4 heteroatoms. The lowest BCUT2D eigenvalue weighted by Crippen LogP contribution is -2.23. The van der Waals surface area contributed by atoms with Crippen molar-refractivity contribution >= 4 is 38.9 Å². The summed E-state index contributed by atoms with van der Waals surface area (Å²) in [5, 5.41) is 4.37.